The van der Waals surface area contributed by atoms with Gasteiger partial charge in [-0.2, -0.15) is 5.26 Å². The average molecular weight is 823 g/mol. The molecule has 0 aliphatic carbocycles. The molecule has 0 bridgehead atoms. The zero-order valence-electron chi connectivity index (χ0n) is 36.4. The molecule has 0 heterocycles. The fourth-order valence-corrected chi connectivity index (χ4v) is 9.57. The van der Waals surface area contributed by atoms with E-state index in [1.165, 1.54) is 32.7 Å². The zero-order valence-corrected chi connectivity index (χ0v) is 36.4. The molecule has 0 radical (unpaired) electrons. The largest absolute Gasteiger partial charge is 0.309 e. The summed E-state index contributed by atoms with van der Waals surface area (Å²) < 4.78 is 0. The number of nitrogens with zero attached hydrogens (tertiary/aromatic N) is 4. The van der Waals surface area contributed by atoms with Crippen LogP contribution in [0.1, 0.15) is 56.2 Å². The van der Waals surface area contributed by atoms with Gasteiger partial charge in [-0.3, -0.25) is 0 Å². The van der Waals surface area contributed by atoms with Gasteiger partial charge in [-0.1, -0.05) is 161 Å². The van der Waals surface area contributed by atoms with Crippen LogP contribution in [0, 0.1) is 17.9 Å². The average Bonchev–Trinajstić information content (AvgIpc) is 3.35. The third-order valence-corrected chi connectivity index (χ3v) is 12.6. The van der Waals surface area contributed by atoms with Crippen LogP contribution in [0.3, 0.4) is 0 Å². The van der Waals surface area contributed by atoms with Crippen LogP contribution in [0.4, 0.5) is 39.8 Å². The minimum absolute atomic E-state index is 0.217. The van der Waals surface area contributed by atoms with Crippen molar-refractivity contribution in [1.29, 1.82) is 5.26 Å². The van der Waals surface area contributed by atoms with Gasteiger partial charge in [0, 0.05) is 33.3 Å². The van der Waals surface area contributed by atoms with Crippen molar-refractivity contribution in [3.05, 3.63) is 222 Å². The molecule has 64 heavy (non-hydrogen) atoms. The topological polar surface area (TPSA) is 34.6 Å². The summed E-state index contributed by atoms with van der Waals surface area (Å²) in [4.78, 5) is 8.55. The predicted molar refractivity (Wildman–Crippen MR) is 270 cm³/mol. The van der Waals surface area contributed by atoms with Gasteiger partial charge in [0.05, 0.1) is 41.0 Å². The number of hydrogen-bond acceptors (Lipinski definition) is 3. The molecule has 0 aromatic heterocycles. The van der Waals surface area contributed by atoms with Crippen molar-refractivity contribution in [3.63, 3.8) is 0 Å². The Morgan fingerprint density at radius 2 is 0.828 bits per heavy atom. The lowest BCUT2D eigenvalue weighted by atomic mass is 9.84. The summed E-state index contributed by atoms with van der Waals surface area (Å²) in [7, 11) is 0. The lowest BCUT2D eigenvalue weighted by Crippen LogP contribution is -2.14. The van der Waals surface area contributed by atoms with Gasteiger partial charge >= 0.3 is 0 Å². The molecule has 4 heteroatoms. The third-order valence-electron chi connectivity index (χ3n) is 12.6. The number of benzene rings is 10. The summed E-state index contributed by atoms with van der Waals surface area (Å²) in [6, 6.07) is 71.0. The summed E-state index contributed by atoms with van der Waals surface area (Å²) in [5, 5.41) is 17.1. The standard InChI is InChI=1S/C60H46N4/c1-39(2)53-36-57(63(45-28-24-41(38-61)25-29-45)55-22-14-12-20-47(55)42-16-8-6-9-17-42)51-34-32-50-54(40(3)4)37-58(52-35-33-49(53)59(51)60(50)52)64(46-30-26-44(62-5)27-31-46)56-23-15-13-21-48(56)43-18-10-7-11-19-43/h6-37,39-40H,1-4H3. The Morgan fingerprint density at radius 3 is 1.23 bits per heavy atom. The van der Waals surface area contributed by atoms with Gasteiger partial charge < -0.3 is 9.80 Å². The maximum atomic E-state index is 9.88. The van der Waals surface area contributed by atoms with Crippen LogP contribution >= 0.6 is 0 Å². The molecule has 0 aliphatic rings. The van der Waals surface area contributed by atoms with Crippen LogP contribution in [0.25, 0.3) is 59.4 Å². The first-order valence-electron chi connectivity index (χ1n) is 22.0. The van der Waals surface area contributed by atoms with Crippen LogP contribution in [0.15, 0.2) is 194 Å². The van der Waals surface area contributed by atoms with Gasteiger partial charge in [-0.05, 0) is 116 Å². The Balaban J connectivity index is 1.33. The fraction of sp³-hybridized carbons (Fsp3) is 0.100. The molecule has 0 saturated carbocycles. The minimum atomic E-state index is 0.217. The van der Waals surface area contributed by atoms with Crippen LogP contribution in [-0.2, 0) is 0 Å². The lowest BCUT2D eigenvalue weighted by molar-refractivity contribution is 0.875. The number of nitriles is 1. The van der Waals surface area contributed by atoms with Gasteiger partial charge in [0.2, 0.25) is 0 Å². The summed E-state index contributed by atoms with van der Waals surface area (Å²) >= 11 is 0. The first kappa shape index (κ1) is 39.9. The van der Waals surface area contributed by atoms with Gasteiger partial charge in [-0.15, -0.1) is 0 Å². The van der Waals surface area contributed by atoms with Crippen LogP contribution in [0.5, 0.6) is 0 Å². The molecule has 0 saturated heterocycles. The van der Waals surface area contributed by atoms with Crippen molar-refractivity contribution in [3.8, 4) is 28.3 Å². The van der Waals surface area contributed by atoms with Crippen molar-refractivity contribution in [2.75, 3.05) is 9.80 Å². The summed E-state index contributed by atoms with van der Waals surface area (Å²) in [5.41, 5.74) is 14.5. The van der Waals surface area contributed by atoms with Crippen LogP contribution < -0.4 is 9.80 Å². The molecular formula is C60H46N4. The van der Waals surface area contributed by atoms with E-state index in [0.29, 0.717) is 11.3 Å². The van der Waals surface area contributed by atoms with E-state index in [9.17, 15) is 5.26 Å². The first-order chi connectivity index (χ1) is 31.3. The monoisotopic (exact) mass is 822 g/mol. The Kier molecular flexibility index (Phi) is 10.4. The molecule has 4 nitrogen and oxygen atoms in total. The number of anilines is 6. The fourth-order valence-electron chi connectivity index (χ4n) is 9.57. The molecule has 306 valence electrons. The van der Waals surface area contributed by atoms with E-state index in [-0.39, 0.29) is 11.8 Å². The maximum Gasteiger partial charge on any atom is 0.187 e. The van der Waals surface area contributed by atoms with E-state index in [1.54, 1.807) is 0 Å². The smallest absolute Gasteiger partial charge is 0.187 e. The molecule has 0 atom stereocenters. The quantitative estimate of drug-likeness (QED) is 0.102. The Bertz CT molecular complexity index is 3160. The molecule has 0 amide bonds. The lowest BCUT2D eigenvalue weighted by Gasteiger charge is -2.33. The molecule has 0 fully saturated rings. The van der Waals surface area contributed by atoms with E-state index >= 15 is 0 Å². The zero-order chi connectivity index (χ0) is 43.9. The Labute approximate surface area is 375 Å². The summed E-state index contributed by atoms with van der Waals surface area (Å²) in [6.45, 7) is 16.9. The van der Waals surface area contributed by atoms with Gasteiger partial charge in [0.15, 0.2) is 5.69 Å². The minimum Gasteiger partial charge on any atom is -0.309 e. The molecular weight excluding hydrogens is 777 g/mol. The second-order valence-electron chi connectivity index (χ2n) is 17.1. The molecule has 10 aromatic rings. The van der Waals surface area contributed by atoms with E-state index in [2.05, 4.69) is 218 Å². The van der Waals surface area contributed by atoms with Crippen molar-refractivity contribution >= 4 is 72.1 Å². The number of hydrogen-bond donors (Lipinski definition) is 0. The van der Waals surface area contributed by atoms with Crippen molar-refractivity contribution in [2.45, 2.75) is 39.5 Å². The summed E-state index contributed by atoms with van der Waals surface area (Å²) in [5.74, 6) is 0.436. The first-order valence-corrected chi connectivity index (χ1v) is 22.0. The van der Waals surface area contributed by atoms with Gasteiger partial charge in [0.1, 0.15) is 0 Å². The van der Waals surface area contributed by atoms with E-state index in [0.717, 1.165) is 67.2 Å². The second kappa shape index (κ2) is 16.6. The number of rotatable bonds is 10. The van der Waals surface area contributed by atoms with Crippen molar-refractivity contribution < 1.29 is 0 Å². The highest BCUT2D eigenvalue weighted by molar-refractivity contribution is 6.29. The predicted octanol–water partition coefficient (Wildman–Crippen LogP) is 17.5. The van der Waals surface area contributed by atoms with E-state index in [4.69, 9.17) is 6.57 Å². The van der Waals surface area contributed by atoms with Crippen molar-refractivity contribution in [2.24, 2.45) is 0 Å². The second-order valence-corrected chi connectivity index (χ2v) is 17.1. The number of para-hydroxylation sites is 2. The molecule has 10 aromatic carbocycles. The van der Waals surface area contributed by atoms with Gasteiger partial charge in [0.25, 0.3) is 0 Å². The molecule has 0 aliphatic heterocycles. The molecule has 0 unspecified atom stereocenters. The summed E-state index contributed by atoms with van der Waals surface area (Å²) in [6.07, 6.45) is 0. The SMILES string of the molecule is [C-]#[N+]c1ccc(N(c2ccccc2-c2ccccc2)c2cc(C(C)C)c3ccc4c(N(c5ccc(C#N)cc5)c5ccccc5-c5ccccc5)cc(C(C)C)c5ccc2c3c54)cc1. The maximum absolute atomic E-state index is 9.88. The third kappa shape index (κ3) is 6.87. The Hall–Kier alpha value is -8.18. The normalized spacial score (nSPS) is 11.4. The van der Waals surface area contributed by atoms with Crippen LogP contribution in [-0.4, -0.2) is 0 Å². The Morgan fingerprint density at radius 1 is 0.438 bits per heavy atom. The van der Waals surface area contributed by atoms with Gasteiger partial charge in [-0.25, -0.2) is 4.85 Å². The highest BCUT2D eigenvalue weighted by Crippen LogP contribution is 2.52. The van der Waals surface area contributed by atoms with E-state index < -0.39 is 0 Å². The molecule has 0 N–H and O–H groups in total. The van der Waals surface area contributed by atoms with Crippen LogP contribution in [0.2, 0.25) is 0 Å². The van der Waals surface area contributed by atoms with Crippen molar-refractivity contribution in [1.82, 2.24) is 0 Å². The molecule has 10 rings (SSSR count). The highest BCUT2D eigenvalue weighted by atomic mass is 15.2. The highest BCUT2D eigenvalue weighted by Gasteiger charge is 2.27. The van der Waals surface area contributed by atoms with E-state index in [1.807, 2.05) is 24.3 Å². The molecule has 0 spiro atoms.